The zero-order chi connectivity index (χ0) is 12.5. The van der Waals surface area contributed by atoms with Crippen LogP contribution in [0.5, 0.6) is 0 Å². The summed E-state index contributed by atoms with van der Waals surface area (Å²) in [6.45, 7) is 0. The van der Waals surface area contributed by atoms with Crippen molar-refractivity contribution < 1.29 is 5.21 Å². The van der Waals surface area contributed by atoms with Crippen LogP contribution >= 0.6 is 0 Å². The number of nitrogens with two attached hydrogens (primary N) is 1. The topological polar surface area (TPSA) is 120 Å². The minimum Gasteiger partial charge on any atom is -0.409 e. The van der Waals surface area contributed by atoms with Crippen LogP contribution in [0.25, 0.3) is 11.5 Å². The van der Waals surface area contributed by atoms with E-state index in [4.69, 9.17) is 10.9 Å². The number of hydrogen-bond acceptors (Lipinski definition) is 6. The van der Waals surface area contributed by atoms with Crippen molar-refractivity contribution in [2.24, 2.45) is 10.9 Å². The van der Waals surface area contributed by atoms with E-state index in [0.29, 0.717) is 11.5 Å². The summed E-state index contributed by atoms with van der Waals surface area (Å²) in [6.07, 6.45) is 4.83. The van der Waals surface area contributed by atoms with Gasteiger partial charge in [-0.25, -0.2) is 19.2 Å². The van der Waals surface area contributed by atoms with Crippen LogP contribution in [0.4, 0.5) is 0 Å². The van der Waals surface area contributed by atoms with E-state index in [1.807, 2.05) is 0 Å². The van der Waals surface area contributed by atoms with E-state index in [1.165, 1.54) is 11.0 Å². The van der Waals surface area contributed by atoms with Gasteiger partial charge in [-0.05, 0) is 0 Å². The standard InChI is InChI=1S/C9H8N8O/c10-8(15-18)9-11-5-17(14-9)7-2-4-16-6(13-7)1-3-12-16/h1-5,18H,(H2,10,15). The van der Waals surface area contributed by atoms with Crippen LogP contribution in [0.15, 0.2) is 36.0 Å². The second-order valence-corrected chi connectivity index (χ2v) is 3.42. The van der Waals surface area contributed by atoms with E-state index in [9.17, 15) is 0 Å². The summed E-state index contributed by atoms with van der Waals surface area (Å²) < 4.78 is 3.06. The quantitative estimate of drug-likeness (QED) is 0.269. The first-order valence-electron chi connectivity index (χ1n) is 4.98. The Bertz CT molecular complexity index is 727. The van der Waals surface area contributed by atoms with Crippen molar-refractivity contribution in [3.63, 3.8) is 0 Å². The number of rotatable bonds is 2. The van der Waals surface area contributed by atoms with E-state index >= 15 is 0 Å². The highest BCUT2D eigenvalue weighted by atomic mass is 16.4. The lowest BCUT2D eigenvalue weighted by Crippen LogP contribution is -2.15. The molecule has 3 aromatic heterocycles. The number of fused-ring (bicyclic) bond motifs is 1. The smallest absolute Gasteiger partial charge is 0.220 e. The molecule has 0 aliphatic rings. The molecule has 0 aliphatic carbocycles. The van der Waals surface area contributed by atoms with E-state index in [2.05, 4.69) is 25.3 Å². The molecule has 0 aliphatic heterocycles. The second kappa shape index (κ2) is 3.80. The number of amidine groups is 1. The molecule has 0 bridgehead atoms. The Morgan fingerprint density at radius 3 is 3.11 bits per heavy atom. The summed E-state index contributed by atoms with van der Waals surface area (Å²) in [4.78, 5) is 8.23. The van der Waals surface area contributed by atoms with Gasteiger partial charge >= 0.3 is 0 Å². The van der Waals surface area contributed by atoms with Crippen molar-refractivity contribution in [1.82, 2.24) is 29.4 Å². The van der Waals surface area contributed by atoms with Gasteiger partial charge in [-0.3, -0.25) is 0 Å². The average Bonchev–Trinajstić information content (AvgIpc) is 3.05. The Hall–Kier alpha value is -2.97. The molecule has 9 nitrogen and oxygen atoms in total. The van der Waals surface area contributed by atoms with Crippen LogP contribution in [-0.2, 0) is 0 Å². The molecule has 0 unspecified atom stereocenters. The molecule has 3 aromatic rings. The maximum Gasteiger partial charge on any atom is 0.220 e. The van der Waals surface area contributed by atoms with Gasteiger partial charge in [0.1, 0.15) is 6.33 Å². The van der Waals surface area contributed by atoms with Crippen molar-refractivity contribution in [3.8, 4) is 5.82 Å². The maximum atomic E-state index is 8.53. The molecule has 0 amide bonds. The van der Waals surface area contributed by atoms with E-state index in [-0.39, 0.29) is 11.7 Å². The highest BCUT2D eigenvalue weighted by molar-refractivity contribution is 5.93. The van der Waals surface area contributed by atoms with Gasteiger partial charge in [0.2, 0.25) is 11.7 Å². The SMILES string of the molecule is N/C(=N/O)c1ncn(-c2ccn3nccc3n2)n1. The van der Waals surface area contributed by atoms with Crippen molar-refractivity contribution in [2.75, 3.05) is 0 Å². The molecule has 0 atom stereocenters. The third kappa shape index (κ3) is 1.54. The number of hydrogen-bond donors (Lipinski definition) is 2. The first-order chi connectivity index (χ1) is 8.78. The van der Waals surface area contributed by atoms with E-state index in [1.54, 1.807) is 29.0 Å². The summed E-state index contributed by atoms with van der Waals surface area (Å²) in [6, 6.07) is 3.50. The normalized spacial score (nSPS) is 12.1. The average molecular weight is 244 g/mol. The minimum atomic E-state index is -0.154. The van der Waals surface area contributed by atoms with Crippen LogP contribution in [-0.4, -0.2) is 40.4 Å². The fraction of sp³-hybridized carbons (Fsp3) is 0. The van der Waals surface area contributed by atoms with Crippen LogP contribution < -0.4 is 5.73 Å². The number of aromatic nitrogens is 6. The summed E-state index contributed by atoms with van der Waals surface area (Å²) in [5, 5.41) is 19.4. The van der Waals surface area contributed by atoms with E-state index < -0.39 is 0 Å². The molecule has 90 valence electrons. The van der Waals surface area contributed by atoms with Gasteiger partial charge in [0.05, 0.1) is 6.20 Å². The predicted molar refractivity (Wildman–Crippen MR) is 60.4 cm³/mol. The van der Waals surface area contributed by atoms with Gasteiger partial charge in [0.25, 0.3) is 0 Å². The second-order valence-electron chi connectivity index (χ2n) is 3.42. The van der Waals surface area contributed by atoms with Crippen LogP contribution in [0, 0.1) is 0 Å². The summed E-state index contributed by atoms with van der Waals surface area (Å²) >= 11 is 0. The maximum absolute atomic E-state index is 8.53. The van der Waals surface area contributed by atoms with Gasteiger partial charge in [0.15, 0.2) is 11.5 Å². The Balaban J connectivity index is 2.05. The monoisotopic (exact) mass is 244 g/mol. The molecule has 0 aromatic carbocycles. The fourth-order valence-corrected chi connectivity index (χ4v) is 1.47. The molecule has 0 fully saturated rings. The molecular weight excluding hydrogens is 236 g/mol. The Kier molecular flexibility index (Phi) is 2.15. The molecule has 0 spiro atoms. The van der Waals surface area contributed by atoms with Crippen molar-refractivity contribution >= 4 is 11.5 Å². The zero-order valence-corrected chi connectivity index (χ0v) is 9.04. The minimum absolute atomic E-state index is 0.132. The molecule has 18 heavy (non-hydrogen) atoms. The molecule has 0 saturated carbocycles. The lowest BCUT2D eigenvalue weighted by atomic mass is 10.5. The van der Waals surface area contributed by atoms with Crippen LogP contribution in [0.2, 0.25) is 0 Å². The van der Waals surface area contributed by atoms with E-state index in [0.717, 1.165) is 0 Å². The van der Waals surface area contributed by atoms with Gasteiger partial charge in [-0.1, -0.05) is 5.16 Å². The summed E-state index contributed by atoms with van der Waals surface area (Å²) in [5.41, 5.74) is 6.08. The molecule has 0 radical (unpaired) electrons. The van der Waals surface area contributed by atoms with Crippen LogP contribution in [0.3, 0.4) is 0 Å². The van der Waals surface area contributed by atoms with Gasteiger partial charge < -0.3 is 10.9 Å². The Morgan fingerprint density at radius 2 is 2.28 bits per heavy atom. The molecule has 9 heteroatoms. The van der Waals surface area contributed by atoms with Crippen LogP contribution in [0.1, 0.15) is 5.82 Å². The highest BCUT2D eigenvalue weighted by Gasteiger charge is 2.08. The molecule has 0 saturated heterocycles. The molecule has 3 heterocycles. The predicted octanol–water partition coefficient (Wildman–Crippen LogP) is -0.596. The van der Waals surface area contributed by atoms with Gasteiger partial charge in [-0.2, -0.15) is 5.10 Å². The lowest BCUT2D eigenvalue weighted by molar-refractivity contribution is 0.318. The Labute approximate surface area is 100 Å². The van der Waals surface area contributed by atoms with Gasteiger partial charge in [0, 0.05) is 18.3 Å². The largest absolute Gasteiger partial charge is 0.409 e. The van der Waals surface area contributed by atoms with Crippen molar-refractivity contribution in [3.05, 3.63) is 36.7 Å². The zero-order valence-electron chi connectivity index (χ0n) is 9.04. The molecular formula is C9H8N8O. The molecule has 3 rings (SSSR count). The Morgan fingerprint density at radius 1 is 1.39 bits per heavy atom. The highest BCUT2D eigenvalue weighted by Crippen LogP contribution is 2.05. The number of nitrogens with zero attached hydrogens (tertiary/aromatic N) is 7. The summed E-state index contributed by atoms with van der Waals surface area (Å²) in [5.74, 6) is 0.541. The first kappa shape index (κ1) is 10.2. The molecule has 3 N–H and O–H groups in total. The lowest BCUT2D eigenvalue weighted by Gasteiger charge is -1.99. The van der Waals surface area contributed by atoms with Crippen molar-refractivity contribution in [1.29, 1.82) is 0 Å². The third-order valence-electron chi connectivity index (χ3n) is 2.31. The van der Waals surface area contributed by atoms with Crippen molar-refractivity contribution in [2.45, 2.75) is 0 Å². The van der Waals surface area contributed by atoms with Gasteiger partial charge in [-0.15, -0.1) is 5.10 Å². The third-order valence-corrected chi connectivity index (χ3v) is 2.31. The first-order valence-corrected chi connectivity index (χ1v) is 4.98. The number of oxime groups is 1. The summed E-state index contributed by atoms with van der Waals surface area (Å²) in [7, 11) is 0. The fourth-order valence-electron chi connectivity index (χ4n) is 1.47.